The van der Waals surface area contributed by atoms with E-state index in [9.17, 15) is 9.18 Å². The van der Waals surface area contributed by atoms with Gasteiger partial charge in [-0.1, -0.05) is 18.2 Å². The predicted octanol–water partition coefficient (Wildman–Crippen LogP) is 4.26. The summed E-state index contributed by atoms with van der Waals surface area (Å²) in [5.74, 6) is -1.33. The molecule has 1 N–H and O–H groups in total. The van der Waals surface area contributed by atoms with Crippen molar-refractivity contribution in [3.63, 3.8) is 0 Å². The molecule has 92 valence electrons. The lowest BCUT2D eigenvalue weighted by atomic mass is 9.98. The standard InChI is InChI=1S/C14H10BrFO2/c1-8-7-9(14(17)18)5-6-10(8)11-3-2-4-12(15)13(11)16/h2-7H,1H3,(H,17,18). The van der Waals surface area contributed by atoms with E-state index >= 15 is 0 Å². The van der Waals surface area contributed by atoms with Crippen LogP contribution >= 0.6 is 15.9 Å². The van der Waals surface area contributed by atoms with Crippen molar-refractivity contribution in [2.45, 2.75) is 6.92 Å². The highest BCUT2D eigenvalue weighted by atomic mass is 79.9. The fourth-order valence-corrected chi connectivity index (χ4v) is 2.18. The molecule has 0 amide bonds. The van der Waals surface area contributed by atoms with Gasteiger partial charge in [0.05, 0.1) is 10.0 Å². The molecule has 0 aliphatic rings. The molecule has 0 saturated carbocycles. The van der Waals surface area contributed by atoms with Crippen LogP contribution in [0.25, 0.3) is 11.1 Å². The van der Waals surface area contributed by atoms with Gasteiger partial charge in [0, 0.05) is 5.56 Å². The predicted molar refractivity (Wildman–Crippen MR) is 71.2 cm³/mol. The van der Waals surface area contributed by atoms with Crippen molar-refractivity contribution in [2.75, 3.05) is 0 Å². The summed E-state index contributed by atoms with van der Waals surface area (Å²) in [6.45, 7) is 1.77. The smallest absolute Gasteiger partial charge is 0.335 e. The first-order valence-electron chi connectivity index (χ1n) is 5.29. The van der Waals surface area contributed by atoms with Crippen LogP contribution in [0.2, 0.25) is 0 Å². The second kappa shape index (κ2) is 4.90. The van der Waals surface area contributed by atoms with E-state index in [0.717, 1.165) is 5.56 Å². The molecule has 0 spiro atoms. The Hall–Kier alpha value is -1.68. The van der Waals surface area contributed by atoms with Crippen LogP contribution in [0, 0.1) is 12.7 Å². The third-order valence-electron chi connectivity index (χ3n) is 2.72. The van der Waals surface area contributed by atoms with E-state index in [0.29, 0.717) is 15.6 Å². The average molecular weight is 309 g/mol. The molecule has 18 heavy (non-hydrogen) atoms. The van der Waals surface area contributed by atoms with Gasteiger partial charge in [0.1, 0.15) is 5.82 Å². The first kappa shape index (κ1) is 12.8. The number of carbonyl (C=O) groups is 1. The first-order valence-corrected chi connectivity index (χ1v) is 6.08. The average Bonchev–Trinajstić information content (AvgIpc) is 2.33. The molecule has 0 aromatic heterocycles. The Labute approximate surface area is 112 Å². The maximum atomic E-state index is 14.0. The van der Waals surface area contributed by atoms with Crippen molar-refractivity contribution < 1.29 is 14.3 Å². The second-order valence-corrected chi connectivity index (χ2v) is 4.79. The van der Waals surface area contributed by atoms with Crippen molar-refractivity contribution in [2.24, 2.45) is 0 Å². The minimum absolute atomic E-state index is 0.201. The molecule has 0 atom stereocenters. The van der Waals surface area contributed by atoms with E-state index < -0.39 is 5.97 Å². The molecule has 2 aromatic carbocycles. The van der Waals surface area contributed by atoms with Crippen LogP contribution < -0.4 is 0 Å². The molecule has 2 rings (SSSR count). The number of hydrogen-bond acceptors (Lipinski definition) is 1. The first-order chi connectivity index (χ1) is 8.50. The number of rotatable bonds is 2. The maximum Gasteiger partial charge on any atom is 0.335 e. The summed E-state index contributed by atoms with van der Waals surface area (Å²) in [4.78, 5) is 10.8. The summed E-state index contributed by atoms with van der Waals surface area (Å²) < 4.78 is 14.4. The van der Waals surface area contributed by atoms with Crippen LogP contribution in [0.3, 0.4) is 0 Å². The molecule has 0 heterocycles. The van der Waals surface area contributed by atoms with Crippen molar-refractivity contribution in [3.8, 4) is 11.1 Å². The van der Waals surface area contributed by atoms with Gasteiger partial charge in [-0.3, -0.25) is 0 Å². The van der Waals surface area contributed by atoms with Gasteiger partial charge < -0.3 is 5.11 Å². The molecule has 2 nitrogen and oxygen atoms in total. The monoisotopic (exact) mass is 308 g/mol. The summed E-state index contributed by atoms with van der Waals surface area (Å²) in [6, 6.07) is 9.68. The van der Waals surface area contributed by atoms with Gasteiger partial charge in [-0.2, -0.15) is 0 Å². The van der Waals surface area contributed by atoms with Crippen LogP contribution in [0.15, 0.2) is 40.9 Å². The molecule has 0 aliphatic carbocycles. The van der Waals surface area contributed by atoms with Crippen LogP contribution in [-0.4, -0.2) is 11.1 Å². The minimum atomic E-state index is -0.987. The van der Waals surface area contributed by atoms with E-state index in [4.69, 9.17) is 5.11 Å². The summed E-state index contributed by atoms with van der Waals surface area (Å²) in [7, 11) is 0. The number of hydrogen-bond donors (Lipinski definition) is 1. The highest BCUT2D eigenvalue weighted by Gasteiger charge is 2.12. The number of halogens is 2. The lowest BCUT2D eigenvalue weighted by Gasteiger charge is -2.09. The Morgan fingerprint density at radius 1 is 1.22 bits per heavy atom. The Balaban J connectivity index is 2.58. The van der Waals surface area contributed by atoms with E-state index in [-0.39, 0.29) is 11.4 Å². The molecule has 0 saturated heterocycles. The summed E-state index contributed by atoms with van der Waals surface area (Å²) in [6.07, 6.45) is 0. The van der Waals surface area contributed by atoms with Crippen molar-refractivity contribution in [1.82, 2.24) is 0 Å². The second-order valence-electron chi connectivity index (χ2n) is 3.94. The van der Waals surface area contributed by atoms with E-state index in [1.807, 2.05) is 0 Å². The van der Waals surface area contributed by atoms with Crippen molar-refractivity contribution >= 4 is 21.9 Å². The molecule has 2 aromatic rings. The van der Waals surface area contributed by atoms with Gasteiger partial charge in [0.2, 0.25) is 0 Å². The molecular weight excluding hydrogens is 299 g/mol. The number of aryl methyl sites for hydroxylation is 1. The molecule has 0 fully saturated rings. The van der Waals surface area contributed by atoms with Crippen LogP contribution in [0.4, 0.5) is 4.39 Å². The van der Waals surface area contributed by atoms with Gasteiger partial charge in [0.25, 0.3) is 0 Å². The van der Waals surface area contributed by atoms with E-state index in [2.05, 4.69) is 15.9 Å². The van der Waals surface area contributed by atoms with Crippen LogP contribution in [0.1, 0.15) is 15.9 Å². The molecule has 0 unspecified atom stereocenters. The molecular formula is C14H10BrFO2. The SMILES string of the molecule is Cc1cc(C(=O)O)ccc1-c1cccc(Br)c1F. The normalized spacial score (nSPS) is 10.4. The fraction of sp³-hybridized carbons (Fsp3) is 0.0714. The Morgan fingerprint density at radius 2 is 1.94 bits per heavy atom. The Morgan fingerprint density at radius 3 is 2.56 bits per heavy atom. The largest absolute Gasteiger partial charge is 0.478 e. The third-order valence-corrected chi connectivity index (χ3v) is 3.33. The zero-order valence-electron chi connectivity index (χ0n) is 9.58. The van der Waals surface area contributed by atoms with Crippen molar-refractivity contribution in [3.05, 3.63) is 57.8 Å². The van der Waals surface area contributed by atoms with Gasteiger partial charge in [-0.25, -0.2) is 9.18 Å². The zero-order chi connectivity index (χ0) is 13.3. The minimum Gasteiger partial charge on any atom is -0.478 e. The molecule has 4 heteroatoms. The number of carboxylic acid groups (broad SMARTS) is 1. The van der Waals surface area contributed by atoms with E-state index in [1.165, 1.54) is 12.1 Å². The topological polar surface area (TPSA) is 37.3 Å². The molecule has 0 bridgehead atoms. The van der Waals surface area contributed by atoms with Gasteiger partial charge in [0.15, 0.2) is 0 Å². The van der Waals surface area contributed by atoms with Crippen molar-refractivity contribution in [1.29, 1.82) is 0 Å². The van der Waals surface area contributed by atoms with Gasteiger partial charge >= 0.3 is 5.97 Å². The van der Waals surface area contributed by atoms with E-state index in [1.54, 1.807) is 31.2 Å². The quantitative estimate of drug-likeness (QED) is 0.900. The molecule has 0 aliphatic heterocycles. The summed E-state index contributed by atoms with van der Waals surface area (Å²) in [5, 5.41) is 8.89. The summed E-state index contributed by atoms with van der Waals surface area (Å²) in [5.41, 5.74) is 2.08. The number of aromatic carboxylic acids is 1. The number of carboxylic acids is 1. The lowest BCUT2D eigenvalue weighted by molar-refractivity contribution is 0.0697. The Kier molecular flexibility index (Phi) is 3.48. The zero-order valence-corrected chi connectivity index (χ0v) is 11.2. The highest BCUT2D eigenvalue weighted by molar-refractivity contribution is 9.10. The lowest BCUT2D eigenvalue weighted by Crippen LogP contribution is -1.98. The number of benzene rings is 2. The third kappa shape index (κ3) is 2.29. The molecule has 0 radical (unpaired) electrons. The Bertz CT molecular complexity index is 623. The van der Waals surface area contributed by atoms with Gasteiger partial charge in [-0.05, 0) is 52.2 Å². The highest BCUT2D eigenvalue weighted by Crippen LogP contribution is 2.30. The summed E-state index contributed by atoms with van der Waals surface area (Å²) >= 11 is 3.14. The van der Waals surface area contributed by atoms with Crippen LogP contribution in [-0.2, 0) is 0 Å². The van der Waals surface area contributed by atoms with Crippen LogP contribution in [0.5, 0.6) is 0 Å². The fourth-order valence-electron chi connectivity index (χ4n) is 1.81. The van der Waals surface area contributed by atoms with Gasteiger partial charge in [-0.15, -0.1) is 0 Å². The maximum absolute atomic E-state index is 14.0.